The first-order valence-electron chi connectivity index (χ1n) is 15.6. The molecular weight excluding hydrogens is 940 g/mol. The Hall–Kier alpha value is -4.17. The molecule has 2 aromatic heterocycles. The number of nitro groups is 2. The third kappa shape index (κ3) is 13.0. The van der Waals surface area contributed by atoms with Crippen LogP contribution in [0.5, 0.6) is 23.3 Å². The fourth-order valence-corrected chi connectivity index (χ4v) is 5.99. The number of rotatable bonds is 10. The summed E-state index contributed by atoms with van der Waals surface area (Å²) in [5.41, 5.74) is -2.56. The van der Waals surface area contributed by atoms with Crippen LogP contribution in [0.4, 0.5) is 34.1 Å². The smallest absolute Gasteiger partial charge is 0.870 e. The second-order valence-electron chi connectivity index (χ2n) is 11.4. The van der Waals surface area contributed by atoms with Gasteiger partial charge in [0.2, 0.25) is 0 Å². The first-order chi connectivity index (χ1) is 27.2. The van der Waals surface area contributed by atoms with E-state index in [-0.39, 0.29) is 128 Å². The van der Waals surface area contributed by atoms with Crippen molar-refractivity contribution >= 4 is 54.4 Å². The average Bonchev–Trinajstić information content (AvgIpc) is 3.61. The summed E-state index contributed by atoms with van der Waals surface area (Å²) in [5, 5.41) is 93.5. The molecule has 6 aromatic rings. The maximum Gasteiger partial charge on any atom is 3.00 e. The average molecular weight is 961 g/mol. The van der Waals surface area contributed by atoms with Gasteiger partial charge in [-0.2, -0.15) is 20.4 Å². The van der Waals surface area contributed by atoms with Crippen molar-refractivity contribution in [2.24, 2.45) is 20.5 Å². The predicted octanol–water partition coefficient (Wildman–Crippen LogP) is -5.88. The Morgan fingerprint density at radius 3 is 1.13 bits per heavy atom. The number of hydrogen-bond acceptors (Lipinski definition) is 20. The molecule has 0 spiro atoms. The number of para-hydroxylation sites is 2. The van der Waals surface area contributed by atoms with Gasteiger partial charge in [0.15, 0.2) is 0 Å². The summed E-state index contributed by atoms with van der Waals surface area (Å²) in [6, 6.07) is 18.7. The van der Waals surface area contributed by atoms with Crippen molar-refractivity contribution in [3.63, 3.8) is 0 Å². The van der Waals surface area contributed by atoms with Crippen LogP contribution in [0.2, 0.25) is 0 Å². The van der Waals surface area contributed by atoms with Crippen LogP contribution in [0.1, 0.15) is 11.4 Å². The molecule has 0 aliphatic heterocycles. The van der Waals surface area contributed by atoms with Gasteiger partial charge in [-0.1, -0.05) is 47.9 Å². The van der Waals surface area contributed by atoms with Crippen LogP contribution in [0.25, 0.3) is 11.4 Å². The summed E-state index contributed by atoms with van der Waals surface area (Å²) in [5.74, 6) is -4.08. The minimum atomic E-state index is -5.29. The topological polar surface area (TPSA) is 378 Å². The van der Waals surface area contributed by atoms with E-state index >= 15 is 0 Å². The first-order valence-corrected chi connectivity index (χ1v) is 18.4. The maximum atomic E-state index is 12.5. The fourth-order valence-electron chi connectivity index (χ4n) is 4.80. The summed E-state index contributed by atoms with van der Waals surface area (Å²) in [4.78, 5) is 17.3. The summed E-state index contributed by atoms with van der Waals surface area (Å²) < 4.78 is 69.3. The van der Waals surface area contributed by atoms with E-state index in [4.69, 9.17) is 0 Å². The molecule has 0 saturated heterocycles. The summed E-state index contributed by atoms with van der Waals surface area (Å²) in [6.07, 6.45) is 0. The molecule has 6 rings (SSSR count). The normalized spacial score (nSPS) is 11.0. The zero-order valence-electron chi connectivity index (χ0n) is 32.4. The van der Waals surface area contributed by atoms with Crippen molar-refractivity contribution < 1.29 is 162 Å². The number of aromatic nitrogens is 4. The van der Waals surface area contributed by atoms with Gasteiger partial charge in [0.1, 0.15) is 31.6 Å². The number of nitrogens with zero attached hydrogens (tertiary/aromatic N) is 10. The van der Waals surface area contributed by atoms with Gasteiger partial charge < -0.3 is 29.5 Å². The fraction of sp³-hybridized carbons (Fsp3) is 0.0625. The molecule has 24 nitrogen and oxygen atoms in total. The molecule has 0 unspecified atom stereocenters. The zero-order chi connectivity index (χ0) is 42.7. The molecule has 4 aromatic carbocycles. The van der Waals surface area contributed by atoms with E-state index in [0.29, 0.717) is 35.6 Å². The number of hydrogen-bond donors (Lipinski definition) is 0. The minimum Gasteiger partial charge on any atom is -0.870 e. The number of azo groups is 2. The molecule has 0 atom stereocenters. The van der Waals surface area contributed by atoms with Crippen LogP contribution in [-0.4, -0.2) is 55.3 Å². The van der Waals surface area contributed by atoms with Crippen LogP contribution in [0.3, 0.4) is 0 Å². The third-order valence-corrected chi connectivity index (χ3v) is 9.18. The molecule has 0 aliphatic carbocycles. The number of aryl methyl sites for hydroxylation is 2. The Morgan fingerprint density at radius 2 is 0.855 bits per heavy atom. The van der Waals surface area contributed by atoms with E-state index in [1.807, 2.05) is 0 Å². The van der Waals surface area contributed by atoms with Crippen molar-refractivity contribution in [2.75, 3.05) is 0 Å². The molecule has 0 N–H and O–H groups in total. The van der Waals surface area contributed by atoms with Crippen molar-refractivity contribution in [1.29, 1.82) is 0 Å². The number of nitro benzene ring substituents is 2. The molecule has 0 amide bonds. The molecule has 0 aliphatic rings. The third-order valence-electron chi connectivity index (χ3n) is 7.49. The van der Waals surface area contributed by atoms with Gasteiger partial charge in [-0.05, 0) is 38.1 Å². The van der Waals surface area contributed by atoms with Crippen molar-refractivity contribution in [2.45, 2.75) is 23.6 Å². The van der Waals surface area contributed by atoms with Gasteiger partial charge in [-0.25, -0.2) is 26.2 Å². The van der Waals surface area contributed by atoms with Crippen LogP contribution in [0, 0.1) is 34.1 Å². The Kier molecular flexibility index (Phi) is 20.7. The largest absolute Gasteiger partial charge is 3.00 e. The van der Waals surface area contributed by atoms with E-state index in [0.717, 1.165) is 9.36 Å². The zero-order valence-corrected chi connectivity index (χ0v) is 41.1. The predicted molar refractivity (Wildman–Crippen MR) is 185 cm³/mol. The molecule has 0 fully saturated rings. The van der Waals surface area contributed by atoms with Gasteiger partial charge in [-0.15, -0.1) is 10.2 Å². The van der Waals surface area contributed by atoms with Gasteiger partial charge in [0.05, 0.1) is 53.8 Å². The van der Waals surface area contributed by atoms with E-state index < -0.39 is 85.9 Å². The second-order valence-corrected chi connectivity index (χ2v) is 14.1. The molecule has 30 heteroatoms. The molecule has 306 valence electrons. The summed E-state index contributed by atoms with van der Waals surface area (Å²) in [7, 11) is -10.6. The molecule has 0 saturated carbocycles. The number of non-ortho nitro benzene ring substituents is 2. The van der Waals surface area contributed by atoms with Crippen LogP contribution >= 0.6 is 0 Å². The Labute approximate surface area is 426 Å². The molecule has 0 bridgehead atoms. The van der Waals surface area contributed by atoms with Crippen LogP contribution in [0.15, 0.2) is 115 Å². The Balaban J connectivity index is 0.000000582. The minimum absolute atomic E-state index is 0. The first kappa shape index (κ1) is 55.8. The van der Waals surface area contributed by atoms with Gasteiger partial charge in [0, 0.05) is 36.0 Å². The van der Waals surface area contributed by atoms with Crippen LogP contribution < -0.4 is 109 Å². The SMILES string of the molecule is Cc1nn(-c2ccccc2)c([O-])c1N=Nc1cc([N+](=O)[O-])cc(S(=O)(=O)[O-])c1[O-].Cc1nn(-c2ccccc2)c([O-])c1N=Nc1cc([N+](=O)[O-])cc(S(=O)(=O)[O-])c1[O-].[Co+3].[Na+].[Na+].[Na+]. The summed E-state index contributed by atoms with van der Waals surface area (Å²) in [6.45, 7) is 2.91. The van der Waals surface area contributed by atoms with Gasteiger partial charge in [-0.3, -0.25) is 20.2 Å². The molecule has 62 heavy (non-hydrogen) atoms. The van der Waals surface area contributed by atoms with E-state index in [2.05, 4.69) is 30.7 Å². The quantitative estimate of drug-likeness (QED) is 0.0406. The van der Waals surface area contributed by atoms with E-state index in [1.54, 1.807) is 60.7 Å². The standard InChI is InChI=1S/2C16H13N5O7S.Co.3Na/c2*1-9-14(16(23)20(19-9)10-5-3-2-4-6-10)18-17-12-7-11(21(24)25)8-13(15(12)22)29(26,27)28;;;;/h2*2-8,22-23H,1H3,(H,26,27,28);;;;/q;;+3;3*+1/p-6. The van der Waals surface area contributed by atoms with Crippen molar-refractivity contribution in [1.82, 2.24) is 19.6 Å². The maximum absolute atomic E-state index is 12.5. The van der Waals surface area contributed by atoms with Crippen molar-refractivity contribution in [3.05, 3.63) is 117 Å². The number of benzene rings is 4. The Morgan fingerprint density at radius 1 is 0.548 bits per heavy atom. The molecule has 2 heterocycles. The van der Waals surface area contributed by atoms with Gasteiger partial charge in [0.25, 0.3) is 11.4 Å². The van der Waals surface area contributed by atoms with E-state index in [1.165, 1.54) is 13.8 Å². The second kappa shape index (κ2) is 23.0. The summed E-state index contributed by atoms with van der Waals surface area (Å²) >= 11 is 0. The van der Waals surface area contributed by atoms with Crippen molar-refractivity contribution in [3.8, 4) is 34.6 Å². The van der Waals surface area contributed by atoms with Crippen LogP contribution in [-0.2, 0) is 37.0 Å². The van der Waals surface area contributed by atoms with Gasteiger partial charge >= 0.3 is 105 Å². The Bertz CT molecular complexity index is 2690. The monoisotopic (exact) mass is 960 g/mol. The molecule has 0 radical (unpaired) electrons. The van der Waals surface area contributed by atoms with E-state index in [9.17, 15) is 66.6 Å². The molecular formula is C32H20CoN10Na3O14S2.